The van der Waals surface area contributed by atoms with Gasteiger partial charge in [0.05, 0.1) is 4.88 Å². The topological polar surface area (TPSA) is 54.4 Å². The zero-order valence-corrected chi connectivity index (χ0v) is 7.80. The van der Waals surface area contributed by atoms with E-state index in [-0.39, 0.29) is 5.78 Å². The number of carbonyl (C=O) groups excluding carboxylic acids is 1. The molecule has 1 heterocycles. The Balaban J connectivity index is 2.75. The molecule has 0 spiro atoms. The molecule has 0 bridgehead atoms. The van der Waals surface area contributed by atoms with Crippen molar-refractivity contribution in [1.29, 1.82) is 0 Å². The normalized spacial score (nSPS) is 10.5. The largest absolute Gasteiger partial charge is 0.478 e. The molecular weight excluding hydrogens is 188 g/mol. The summed E-state index contributed by atoms with van der Waals surface area (Å²) in [5.74, 6) is -1.37. The zero-order valence-electron chi connectivity index (χ0n) is 6.98. The first-order valence-electron chi connectivity index (χ1n) is 3.61. The van der Waals surface area contributed by atoms with E-state index in [0.29, 0.717) is 4.88 Å². The summed E-state index contributed by atoms with van der Waals surface area (Å²) in [7, 11) is 0. The summed E-state index contributed by atoms with van der Waals surface area (Å²) in [6.45, 7) is 1.89. The number of thiophene rings is 1. The smallest absolute Gasteiger partial charge is 0.328 e. The first kappa shape index (κ1) is 9.67. The molecule has 0 aliphatic rings. The second-order valence-corrected chi connectivity index (χ2v) is 3.73. The predicted molar refractivity (Wildman–Crippen MR) is 50.2 cm³/mol. The highest BCUT2D eigenvalue weighted by Gasteiger charge is 2.04. The molecule has 0 radical (unpaired) electrons. The minimum absolute atomic E-state index is 0.263. The van der Waals surface area contributed by atoms with E-state index in [1.807, 2.05) is 13.0 Å². The van der Waals surface area contributed by atoms with Gasteiger partial charge in [-0.05, 0) is 25.1 Å². The number of rotatable bonds is 3. The molecule has 0 saturated carbocycles. The van der Waals surface area contributed by atoms with Crippen molar-refractivity contribution in [2.75, 3.05) is 0 Å². The summed E-state index contributed by atoms with van der Waals surface area (Å²) in [5, 5.41) is 8.28. The summed E-state index contributed by atoms with van der Waals surface area (Å²) in [5.41, 5.74) is 0. The van der Waals surface area contributed by atoms with Crippen molar-refractivity contribution in [2.45, 2.75) is 6.92 Å². The molecule has 0 saturated heterocycles. The predicted octanol–water partition coefficient (Wildman–Crippen LogP) is 1.88. The minimum atomic E-state index is -1.11. The van der Waals surface area contributed by atoms with Gasteiger partial charge in [0.2, 0.25) is 0 Å². The number of aryl methyl sites for hydroxylation is 1. The van der Waals surface area contributed by atoms with Crippen molar-refractivity contribution in [3.8, 4) is 0 Å². The minimum Gasteiger partial charge on any atom is -0.478 e. The van der Waals surface area contributed by atoms with E-state index in [9.17, 15) is 9.59 Å². The number of hydrogen-bond donors (Lipinski definition) is 1. The molecule has 1 aromatic rings. The van der Waals surface area contributed by atoms with Crippen molar-refractivity contribution in [2.24, 2.45) is 0 Å². The molecule has 68 valence electrons. The third-order valence-corrected chi connectivity index (χ3v) is 2.38. The van der Waals surface area contributed by atoms with Gasteiger partial charge in [0.1, 0.15) is 0 Å². The lowest BCUT2D eigenvalue weighted by Crippen LogP contribution is -1.93. The van der Waals surface area contributed by atoms with Gasteiger partial charge in [-0.1, -0.05) is 0 Å². The van der Waals surface area contributed by atoms with Crippen LogP contribution in [0.15, 0.2) is 24.3 Å². The maximum Gasteiger partial charge on any atom is 0.328 e. The van der Waals surface area contributed by atoms with Gasteiger partial charge < -0.3 is 5.11 Å². The number of ketones is 1. The Labute approximate surface area is 79.3 Å². The Morgan fingerprint density at radius 1 is 1.38 bits per heavy atom. The van der Waals surface area contributed by atoms with E-state index in [1.165, 1.54) is 11.3 Å². The van der Waals surface area contributed by atoms with Gasteiger partial charge in [0, 0.05) is 11.0 Å². The summed E-state index contributed by atoms with van der Waals surface area (Å²) in [6.07, 6.45) is 1.91. The quantitative estimate of drug-likeness (QED) is 0.593. The van der Waals surface area contributed by atoms with Gasteiger partial charge in [0.25, 0.3) is 0 Å². The third kappa shape index (κ3) is 2.83. The van der Waals surface area contributed by atoms with E-state index in [4.69, 9.17) is 5.11 Å². The number of aliphatic carboxylic acids is 1. The molecule has 0 aliphatic heterocycles. The Morgan fingerprint density at radius 3 is 2.54 bits per heavy atom. The molecule has 4 heteroatoms. The second-order valence-electron chi connectivity index (χ2n) is 2.45. The van der Waals surface area contributed by atoms with Gasteiger partial charge in [-0.25, -0.2) is 4.79 Å². The van der Waals surface area contributed by atoms with Gasteiger partial charge in [-0.2, -0.15) is 0 Å². The molecule has 0 unspecified atom stereocenters. The first-order chi connectivity index (χ1) is 6.09. The van der Waals surface area contributed by atoms with Gasteiger partial charge >= 0.3 is 5.97 Å². The lowest BCUT2D eigenvalue weighted by Gasteiger charge is -1.85. The second kappa shape index (κ2) is 4.00. The molecule has 1 rings (SSSR count). The van der Waals surface area contributed by atoms with Crippen LogP contribution in [0, 0.1) is 6.92 Å². The Hall–Kier alpha value is -1.42. The highest BCUT2D eigenvalue weighted by atomic mass is 32.1. The van der Waals surface area contributed by atoms with Crippen LogP contribution in [0.25, 0.3) is 0 Å². The van der Waals surface area contributed by atoms with Crippen LogP contribution < -0.4 is 0 Å². The fourth-order valence-corrected chi connectivity index (χ4v) is 1.58. The zero-order chi connectivity index (χ0) is 9.84. The Kier molecular flexibility index (Phi) is 2.97. The van der Waals surface area contributed by atoms with Crippen molar-refractivity contribution >= 4 is 23.1 Å². The van der Waals surface area contributed by atoms with Crippen LogP contribution in [0.3, 0.4) is 0 Å². The highest BCUT2D eigenvalue weighted by Crippen LogP contribution is 2.15. The molecule has 1 aromatic heterocycles. The van der Waals surface area contributed by atoms with Crippen LogP contribution in [0.2, 0.25) is 0 Å². The van der Waals surface area contributed by atoms with Crippen LogP contribution in [0.4, 0.5) is 0 Å². The van der Waals surface area contributed by atoms with Gasteiger partial charge in [-0.3, -0.25) is 4.79 Å². The first-order valence-corrected chi connectivity index (χ1v) is 4.43. The van der Waals surface area contributed by atoms with Crippen LogP contribution in [0.1, 0.15) is 14.5 Å². The van der Waals surface area contributed by atoms with Crippen molar-refractivity contribution < 1.29 is 14.7 Å². The van der Waals surface area contributed by atoms with Crippen LogP contribution in [-0.2, 0) is 4.79 Å². The van der Waals surface area contributed by atoms with Crippen LogP contribution >= 0.6 is 11.3 Å². The molecule has 0 fully saturated rings. The lowest BCUT2D eigenvalue weighted by molar-refractivity contribution is -0.131. The number of carboxylic acids is 1. The van der Waals surface area contributed by atoms with Crippen LogP contribution in [-0.4, -0.2) is 16.9 Å². The lowest BCUT2D eigenvalue weighted by atomic mass is 10.3. The number of carboxylic acid groups (broad SMARTS) is 1. The highest BCUT2D eigenvalue weighted by molar-refractivity contribution is 7.14. The van der Waals surface area contributed by atoms with Gasteiger partial charge in [0.15, 0.2) is 5.78 Å². The molecular formula is C9H8O3S. The maximum absolute atomic E-state index is 11.2. The molecule has 0 atom stereocenters. The molecule has 0 aliphatic carbocycles. The fourth-order valence-electron chi connectivity index (χ4n) is 0.796. The maximum atomic E-state index is 11.2. The number of allylic oxidation sites excluding steroid dienone is 1. The monoisotopic (exact) mass is 196 g/mol. The number of hydrogen-bond acceptors (Lipinski definition) is 3. The summed E-state index contributed by atoms with van der Waals surface area (Å²) >= 11 is 1.35. The van der Waals surface area contributed by atoms with Crippen molar-refractivity contribution in [1.82, 2.24) is 0 Å². The Morgan fingerprint density at radius 2 is 2.08 bits per heavy atom. The number of carbonyl (C=O) groups is 2. The third-order valence-electron chi connectivity index (χ3n) is 1.36. The molecule has 3 nitrogen and oxygen atoms in total. The van der Waals surface area contributed by atoms with Crippen molar-refractivity contribution in [3.05, 3.63) is 34.0 Å². The van der Waals surface area contributed by atoms with Gasteiger partial charge in [-0.15, -0.1) is 11.3 Å². The Bertz CT molecular complexity index is 363. The summed E-state index contributed by atoms with van der Waals surface area (Å²) < 4.78 is 0. The van der Waals surface area contributed by atoms with Crippen LogP contribution in [0.5, 0.6) is 0 Å². The fraction of sp³-hybridized carbons (Fsp3) is 0.111. The summed E-state index contributed by atoms with van der Waals surface area (Å²) in [4.78, 5) is 22.9. The molecule has 13 heavy (non-hydrogen) atoms. The summed E-state index contributed by atoms with van der Waals surface area (Å²) in [6, 6.07) is 3.51. The average molecular weight is 196 g/mol. The SMILES string of the molecule is Cc1ccc(C(=O)C=CC(=O)O)s1. The molecule has 1 N–H and O–H groups in total. The standard InChI is InChI=1S/C9H8O3S/c1-6-2-4-8(13-6)7(10)3-5-9(11)12/h2-5H,1H3,(H,11,12). The van der Waals surface area contributed by atoms with Crippen molar-refractivity contribution in [3.63, 3.8) is 0 Å². The molecule has 0 aromatic carbocycles. The van der Waals surface area contributed by atoms with E-state index in [0.717, 1.165) is 17.0 Å². The van der Waals surface area contributed by atoms with E-state index >= 15 is 0 Å². The van der Waals surface area contributed by atoms with E-state index in [1.54, 1.807) is 6.07 Å². The van der Waals surface area contributed by atoms with E-state index in [2.05, 4.69) is 0 Å². The van der Waals surface area contributed by atoms with E-state index < -0.39 is 5.97 Å². The average Bonchev–Trinajstić information content (AvgIpc) is 2.47. The molecule has 0 amide bonds.